The Hall–Kier alpha value is -9.20. The molecular formula is C55H47F6N10O8S+. The Morgan fingerprint density at radius 1 is 0.662 bits per heavy atom. The summed E-state index contributed by atoms with van der Waals surface area (Å²) in [5.41, 5.74) is -0.900. The number of benzene rings is 5. The number of quaternary nitrogens is 1. The van der Waals surface area contributed by atoms with E-state index in [4.69, 9.17) is 4.74 Å². The summed E-state index contributed by atoms with van der Waals surface area (Å²) in [5.74, 6) is -0.885. The van der Waals surface area contributed by atoms with E-state index in [-0.39, 0.29) is 102 Å². The third-order valence-corrected chi connectivity index (χ3v) is 15.6. The van der Waals surface area contributed by atoms with Crippen LogP contribution in [0.15, 0.2) is 149 Å². The number of sulfonamides is 1. The van der Waals surface area contributed by atoms with Gasteiger partial charge in [-0.15, -0.1) is 0 Å². The molecule has 0 saturated carbocycles. The normalized spacial score (nSPS) is 17.7. The Morgan fingerprint density at radius 3 is 1.45 bits per heavy atom. The third-order valence-electron chi connectivity index (χ3n) is 14.2. The highest BCUT2D eigenvalue weighted by Crippen LogP contribution is 2.43. The van der Waals surface area contributed by atoms with Gasteiger partial charge in [-0.3, -0.25) is 19.4 Å². The molecule has 5 aromatic carbocycles. The van der Waals surface area contributed by atoms with Crippen LogP contribution >= 0.6 is 0 Å². The molecule has 80 heavy (non-hydrogen) atoms. The van der Waals surface area contributed by atoms with Gasteiger partial charge >= 0.3 is 30.4 Å². The van der Waals surface area contributed by atoms with Crippen molar-refractivity contribution in [3.05, 3.63) is 177 Å². The van der Waals surface area contributed by atoms with E-state index in [0.717, 1.165) is 46.2 Å². The van der Waals surface area contributed by atoms with Crippen molar-refractivity contribution in [2.75, 3.05) is 63.2 Å². The van der Waals surface area contributed by atoms with Gasteiger partial charge in [0.15, 0.2) is 0 Å². The zero-order valence-electron chi connectivity index (χ0n) is 42.4. The van der Waals surface area contributed by atoms with E-state index in [1.165, 1.54) is 109 Å². The predicted octanol–water partition coefficient (Wildman–Crippen LogP) is 8.24. The Morgan fingerprint density at radius 2 is 1.07 bits per heavy atom. The summed E-state index contributed by atoms with van der Waals surface area (Å²) in [6.07, 6.45) is -9.59. The van der Waals surface area contributed by atoms with Gasteiger partial charge in [0.1, 0.15) is 5.75 Å². The fraction of sp³-hybridized carbons (Fsp3) is 0.255. The fourth-order valence-corrected chi connectivity index (χ4v) is 11.2. The van der Waals surface area contributed by atoms with Gasteiger partial charge in [-0.25, -0.2) is 27.3 Å². The summed E-state index contributed by atoms with van der Waals surface area (Å²) < 4.78 is 118. The molecule has 18 nitrogen and oxygen atoms in total. The molecule has 5 aromatic rings. The largest absolute Gasteiger partial charge is 0.497 e. The minimum absolute atomic E-state index is 0.0181. The maximum Gasteiger partial charge on any atom is 0.430 e. The molecule has 0 aliphatic carbocycles. The number of anilines is 2. The SMILES string of the molecule is COc1ccc(S(=O)(=O)NC(=O)[N+](C)(CCCN2CC3=C(C2=O)[C@@H](c2ccc(C#N)cc2)NC(=O)N3c2cccc(C(F)(F)F)c2)CCCN2CC3=C(C2=O)[C@@H](c2ccc(C#N)cc2)NC(=O)N3c2cccc(C(F)(F)F)c2)cc1. The number of amides is 8. The number of halogens is 6. The van der Waals surface area contributed by atoms with E-state index in [1.54, 1.807) is 0 Å². The monoisotopic (exact) mass is 1120 g/mol. The van der Waals surface area contributed by atoms with Gasteiger partial charge in [0.05, 0.1) is 126 Å². The van der Waals surface area contributed by atoms with E-state index < -0.39 is 80.0 Å². The molecule has 25 heteroatoms. The third kappa shape index (κ3) is 11.0. The van der Waals surface area contributed by atoms with E-state index >= 15 is 0 Å². The number of methoxy groups -OCH3 is 1. The van der Waals surface area contributed by atoms with Crippen molar-refractivity contribution < 1.29 is 68.0 Å². The summed E-state index contributed by atoms with van der Waals surface area (Å²) in [6, 6.07) is 24.3. The molecule has 0 saturated heterocycles. The van der Waals surface area contributed by atoms with Crippen molar-refractivity contribution in [3.63, 3.8) is 0 Å². The molecule has 412 valence electrons. The molecule has 0 unspecified atom stereocenters. The van der Waals surface area contributed by atoms with Crippen LogP contribution in [0.25, 0.3) is 0 Å². The number of carbonyl (C=O) groups excluding carboxylic acids is 5. The first-order chi connectivity index (χ1) is 37.9. The first-order valence-corrected chi connectivity index (χ1v) is 26.1. The van der Waals surface area contributed by atoms with Gasteiger partial charge in [0.2, 0.25) is 0 Å². The van der Waals surface area contributed by atoms with Crippen LogP contribution in [-0.2, 0) is 32.0 Å². The second-order valence-corrected chi connectivity index (χ2v) is 21.0. The number of hydrogen-bond donors (Lipinski definition) is 3. The van der Waals surface area contributed by atoms with Crippen LogP contribution in [-0.4, -0.2) is 106 Å². The molecule has 0 aromatic heterocycles. The summed E-state index contributed by atoms with van der Waals surface area (Å²) in [5, 5.41) is 24.3. The van der Waals surface area contributed by atoms with Gasteiger partial charge in [-0.1, -0.05) is 36.4 Å². The summed E-state index contributed by atoms with van der Waals surface area (Å²) in [7, 11) is -1.74. The molecule has 0 bridgehead atoms. The number of urea groups is 3. The van der Waals surface area contributed by atoms with Gasteiger partial charge in [0, 0.05) is 25.9 Å². The van der Waals surface area contributed by atoms with Gasteiger partial charge < -0.3 is 25.2 Å². The fourth-order valence-electron chi connectivity index (χ4n) is 10.1. The zero-order valence-corrected chi connectivity index (χ0v) is 43.2. The summed E-state index contributed by atoms with van der Waals surface area (Å²) >= 11 is 0. The highest BCUT2D eigenvalue weighted by Gasteiger charge is 2.48. The lowest BCUT2D eigenvalue weighted by molar-refractivity contribution is -0.830. The maximum absolute atomic E-state index is 14.6. The van der Waals surface area contributed by atoms with Gasteiger partial charge in [-0.05, 0) is 96.1 Å². The van der Waals surface area contributed by atoms with Crippen molar-refractivity contribution >= 4 is 51.3 Å². The van der Waals surface area contributed by atoms with Crippen LogP contribution in [0.3, 0.4) is 0 Å². The average Bonchev–Trinajstić information content (AvgIpc) is 4.06. The lowest BCUT2D eigenvalue weighted by Crippen LogP contribution is -2.57. The van der Waals surface area contributed by atoms with Gasteiger partial charge in [0.25, 0.3) is 21.8 Å². The Balaban J connectivity index is 0.984. The quantitative estimate of drug-likeness (QED) is 0.0672. The first kappa shape index (κ1) is 55.6. The second-order valence-electron chi connectivity index (χ2n) is 19.3. The van der Waals surface area contributed by atoms with Crippen LogP contribution in [0.2, 0.25) is 0 Å². The van der Waals surface area contributed by atoms with Crippen LogP contribution in [0.1, 0.15) is 58.3 Å². The van der Waals surface area contributed by atoms with E-state index in [2.05, 4.69) is 15.4 Å². The van der Waals surface area contributed by atoms with E-state index in [1.807, 2.05) is 12.1 Å². The molecular weight excluding hydrogens is 1070 g/mol. The minimum atomic E-state index is -4.78. The highest BCUT2D eigenvalue weighted by molar-refractivity contribution is 7.90. The molecule has 4 heterocycles. The predicted molar refractivity (Wildman–Crippen MR) is 274 cm³/mol. The minimum Gasteiger partial charge on any atom is -0.497 e. The number of rotatable bonds is 15. The smallest absolute Gasteiger partial charge is 0.430 e. The molecule has 8 amide bonds. The Labute approximate surface area is 453 Å². The number of nitriles is 2. The number of nitrogens with one attached hydrogen (secondary N) is 3. The molecule has 9 rings (SSSR count). The zero-order chi connectivity index (χ0) is 57.5. The molecule has 0 fully saturated rings. The second kappa shape index (κ2) is 21.6. The number of carbonyl (C=O) groups is 5. The van der Waals surface area contributed by atoms with Crippen molar-refractivity contribution in [3.8, 4) is 17.9 Å². The maximum atomic E-state index is 14.6. The van der Waals surface area contributed by atoms with Crippen molar-refractivity contribution in [2.45, 2.75) is 42.2 Å². The lowest BCUT2D eigenvalue weighted by atomic mass is 9.94. The number of hydrogen-bond acceptors (Lipinski definition) is 10. The highest BCUT2D eigenvalue weighted by atomic mass is 32.2. The number of ether oxygens (including phenoxy) is 1. The molecule has 3 N–H and O–H groups in total. The van der Waals surface area contributed by atoms with Crippen LogP contribution in [0, 0.1) is 22.7 Å². The van der Waals surface area contributed by atoms with Crippen LogP contribution in [0.5, 0.6) is 5.75 Å². The van der Waals surface area contributed by atoms with Crippen molar-refractivity contribution in [2.24, 2.45) is 0 Å². The molecule has 0 radical (unpaired) electrons. The average molecular weight is 1120 g/mol. The molecule has 4 aliphatic rings. The molecule has 4 aliphatic heterocycles. The Kier molecular flexibility index (Phi) is 15.0. The first-order valence-electron chi connectivity index (χ1n) is 24.6. The Bertz CT molecular complexity index is 3410. The summed E-state index contributed by atoms with van der Waals surface area (Å²) in [4.78, 5) is 75.9. The number of nitrogens with zero attached hydrogens (tertiary/aromatic N) is 7. The van der Waals surface area contributed by atoms with Gasteiger partial charge in [-0.2, -0.15) is 41.6 Å². The standard InChI is InChI=1S/C55H46F6N10O8S/c1-71(53(76)66-80(77,78)42-21-19-41(79-2)20-22-42,25-5-23-67-31-43-45(49(67)72)47(35-15-11-33(29-62)12-16-35)64-51(74)69(43)39-9-3-7-37(27-39)54(56,57)58)26-6-24-68-32-44-46(50(68)73)48(36-17-13-34(30-63)14-18-36)65-52(75)70(44)40-10-4-8-38(28-40)55(59,60)61/h3-4,7-22,27-28,47-48H,5-6,23-26,31-32H2,1-2H3,(H2-,64,65,66,74,75,76)/p+1/t47-,48-/m1/s1. The topological polar surface area (TPSA) is 225 Å². The molecule has 0 spiro atoms. The van der Waals surface area contributed by atoms with Crippen molar-refractivity contribution in [1.82, 2.24) is 25.2 Å². The lowest BCUT2D eigenvalue weighted by Gasteiger charge is -2.34. The number of alkyl halides is 6. The summed E-state index contributed by atoms with van der Waals surface area (Å²) in [6.45, 7) is -1.16. The molecule has 2 atom stereocenters. The van der Waals surface area contributed by atoms with Crippen LogP contribution in [0.4, 0.5) is 52.1 Å². The van der Waals surface area contributed by atoms with Crippen molar-refractivity contribution in [1.29, 1.82) is 10.5 Å². The van der Waals surface area contributed by atoms with E-state index in [9.17, 15) is 69.3 Å². The van der Waals surface area contributed by atoms with Crippen LogP contribution < -0.4 is 29.9 Å². The van der Waals surface area contributed by atoms with E-state index in [0.29, 0.717) is 16.9 Å².